The van der Waals surface area contributed by atoms with Crippen LogP contribution in [-0.4, -0.2) is 11.1 Å². The van der Waals surface area contributed by atoms with Gasteiger partial charge < -0.3 is 5.11 Å². The summed E-state index contributed by atoms with van der Waals surface area (Å²) in [5, 5.41) is 9.32. The lowest BCUT2D eigenvalue weighted by atomic mass is 9.79. The molecular weight excluding hydrogens is 200 g/mol. The molecule has 0 aliphatic rings. The fraction of sp³-hybridized carbons (Fsp3) is 0.500. The highest BCUT2D eigenvalue weighted by molar-refractivity contribution is 5.74. The Kier molecular flexibility index (Phi) is 4.53. The molecule has 0 spiro atoms. The Labute approximate surface area is 97.3 Å². The Balaban J connectivity index is 2.75. The van der Waals surface area contributed by atoms with E-state index in [-0.39, 0.29) is 0 Å². The molecule has 2 heteroatoms. The molecule has 1 aromatic carbocycles. The predicted molar refractivity (Wildman–Crippen MR) is 65.4 cm³/mol. The number of aliphatic carboxylic acids is 1. The molecule has 0 bridgehead atoms. The molecule has 1 aromatic rings. The van der Waals surface area contributed by atoms with Gasteiger partial charge in [0.2, 0.25) is 0 Å². The summed E-state index contributed by atoms with van der Waals surface area (Å²) in [7, 11) is 0. The lowest BCUT2D eigenvalue weighted by molar-refractivity contribution is -0.148. The maximum atomic E-state index is 11.3. The molecule has 0 heterocycles. The van der Waals surface area contributed by atoms with Crippen LogP contribution in [0.1, 0.15) is 38.7 Å². The van der Waals surface area contributed by atoms with Crippen LogP contribution in [0.15, 0.2) is 30.3 Å². The Morgan fingerprint density at radius 2 is 1.94 bits per heavy atom. The van der Waals surface area contributed by atoms with Crippen molar-refractivity contribution in [1.82, 2.24) is 0 Å². The van der Waals surface area contributed by atoms with E-state index in [1.54, 1.807) is 0 Å². The molecule has 1 atom stereocenters. The monoisotopic (exact) mass is 220 g/mol. The second-order valence-electron chi connectivity index (χ2n) is 4.63. The van der Waals surface area contributed by atoms with E-state index in [1.165, 1.54) is 0 Å². The Hall–Kier alpha value is -1.31. The van der Waals surface area contributed by atoms with Gasteiger partial charge in [0.05, 0.1) is 5.41 Å². The molecule has 16 heavy (non-hydrogen) atoms. The standard InChI is InChI=1S/C14H20O2/c1-3-4-10-14(2,13(15)16)11-12-8-6-5-7-9-12/h5-9H,3-4,10-11H2,1-2H3,(H,15,16). The second-order valence-corrected chi connectivity index (χ2v) is 4.63. The van der Waals surface area contributed by atoms with E-state index in [9.17, 15) is 9.90 Å². The zero-order chi connectivity index (χ0) is 12.0. The fourth-order valence-corrected chi connectivity index (χ4v) is 1.88. The van der Waals surface area contributed by atoms with Gasteiger partial charge in [-0.1, -0.05) is 50.1 Å². The normalized spacial score (nSPS) is 14.4. The number of carbonyl (C=O) groups is 1. The van der Waals surface area contributed by atoms with Crippen LogP contribution in [0.4, 0.5) is 0 Å². The maximum Gasteiger partial charge on any atom is 0.309 e. The zero-order valence-electron chi connectivity index (χ0n) is 10.1. The SMILES string of the molecule is CCCCC(C)(Cc1ccccc1)C(=O)O. The van der Waals surface area contributed by atoms with Crippen molar-refractivity contribution in [2.75, 3.05) is 0 Å². The number of carboxylic acid groups (broad SMARTS) is 1. The smallest absolute Gasteiger partial charge is 0.309 e. The van der Waals surface area contributed by atoms with Crippen LogP contribution in [0.5, 0.6) is 0 Å². The second kappa shape index (κ2) is 5.69. The van der Waals surface area contributed by atoms with Gasteiger partial charge in [-0.2, -0.15) is 0 Å². The molecule has 0 radical (unpaired) electrons. The van der Waals surface area contributed by atoms with Crippen molar-refractivity contribution < 1.29 is 9.90 Å². The lowest BCUT2D eigenvalue weighted by Crippen LogP contribution is -2.30. The molecule has 0 aromatic heterocycles. The van der Waals surface area contributed by atoms with E-state index in [1.807, 2.05) is 37.3 Å². The predicted octanol–water partition coefficient (Wildman–Crippen LogP) is 3.51. The number of hydrogen-bond acceptors (Lipinski definition) is 1. The minimum Gasteiger partial charge on any atom is -0.481 e. The highest BCUT2D eigenvalue weighted by Gasteiger charge is 2.32. The molecule has 2 nitrogen and oxygen atoms in total. The van der Waals surface area contributed by atoms with Crippen LogP contribution < -0.4 is 0 Å². The van der Waals surface area contributed by atoms with Crippen molar-refractivity contribution in [3.8, 4) is 0 Å². The van der Waals surface area contributed by atoms with Crippen LogP contribution in [-0.2, 0) is 11.2 Å². The van der Waals surface area contributed by atoms with Crippen molar-refractivity contribution in [1.29, 1.82) is 0 Å². The van der Waals surface area contributed by atoms with Crippen LogP contribution in [0, 0.1) is 5.41 Å². The third-order valence-electron chi connectivity index (χ3n) is 3.04. The summed E-state index contributed by atoms with van der Waals surface area (Å²) in [6, 6.07) is 9.85. The van der Waals surface area contributed by atoms with E-state index < -0.39 is 11.4 Å². The number of rotatable bonds is 6. The largest absolute Gasteiger partial charge is 0.481 e. The molecule has 1 unspecified atom stereocenters. The molecule has 0 aliphatic heterocycles. The van der Waals surface area contributed by atoms with Gasteiger partial charge in [-0.25, -0.2) is 0 Å². The van der Waals surface area contributed by atoms with E-state index in [4.69, 9.17) is 0 Å². The molecule has 88 valence electrons. The first-order valence-electron chi connectivity index (χ1n) is 5.86. The van der Waals surface area contributed by atoms with Crippen molar-refractivity contribution in [2.24, 2.45) is 5.41 Å². The van der Waals surface area contributed by atoms with Gasteiger partial charge in [-0.3, -0.25) is 4.79 Å². The molecule has 0 saturated heterocycles. The number of hydrogen-bond donors (Lipinski definition) is 1. The third-order valence-corrected chi connectivity index (χ3v) is 3.04. The van der Waals surface area contributed by atoms with E-state index in [0.29, 0.717) is 6.42 Å². The first-order valence-corrected chi connectivity index (χ1v) is 5.86. The number of carboxylic acids is 1. The minimum atomic E-state index is -0.690. The average Bonchev–Trinajstić information content (AvgIpc) is 2.27. The summed E-state index contributed by atoms with van der Waals surface area (Å²) in [6.07, 6.45) is 3.37. The summed E-state index contributed by atoms with van der Waals surface area (Å²) >= 11 is 0. The summed E-state index contributed by atoms with van der Waals surface area (Å²) < 4.78 is 0. The zero-order valence-corrected chi connectivity index (χ0v) is 10.1. The van der Waals surface area contributed by atoms with Crippen LogP contribution in [0.25, 0.3) is 0 Å². The number of benzene rings is 1. The lowest BCUT2D eigenvalue weighted by Gasteiger charge is -2.24. The van der Waals surface area contributed by atoms with Gasteiger partial charge in [0, 0.05) is 0 Å². The van der Waals surface area contributed by atoms with Gasteiger partial charge in [0.25, 0.3) is 0 Å². The Morgan fingerprint density at radius 3 is 2.44 bits per heavy atom. The summed E-state index contributed by atoms with van der Waals surface area (Å²) in [6.45, 7) is 3.93. The molecular formula is C14H20O2. The van der Waals surface area contributed by atoms with Gasteiger partial charge in [-0.05, 0) is 25.3 Å². The van der Waals surface area contributed by atoms with Crippen molar-refractivity contribution in [3.05, 3.63) is 35.9 Å². The van der Waals surface area contributed by atoms with E-state index in [2.05, 4.69) is 6.92 Å². The van der Waals surface area contributed by atoms with Crippen LogP contribution in [0.2, 0.25) is 0 Å². The van der Waals surface area contributed by atoms with E-state index in [0.717, 1.165) is 24.8 Å². The van der Waals surface area contributed by atoms with E-state index >= 15 is 0 Å². The molecule has 0 amide bonds. The summed E-state index contributed by atoms with van der Waals surface area (Å²) in [5.41, 5.74) is 0.473. The summed E-state index contributed by atoms with van der Waals surface area (Å²) in [5.74, 6) is -0.690. The Morgan fingerprint density at radius 1 is 1.31 bits per heavy atom. The quantitative estimate of drug-likeness (QED) is 0.796. The first-order chi connectivity index (χ1) is 7.58. The highest BCUT2D eigenvalue weighted by atomic mass is 16.4. The average molecular weight is 220 g/mol. The van der Waals surface area contributed by atoms with Gasteiger partial charge in [-0.15, -0.1) is 0 Å². The topological polar surface area (TPSA) is 37.3 Å². The first kappa shape index (κ1) is 12.8. The molecule has 0 aliphatic carbocycles. The number of unbranched alkanes of at least 4 members (excludes halogenated alkanes) is 1. The van der Waals surface area contributed by atoms with Crippen LogP contribution in [0.3, 0.4) is 0 Å². The van der Waals surface area contributed by atoms with Crippen molar-refractivity contribution in [2.45, 2.75) is 39.5 Å². The molecule has 0 fully saturated rings. The van der Waals surface area contributed by atoms with Crippen LogP contribution >= 0.6 is 0 Å². The van der Waals surface area contributed by atoms with Crippen molar-refractivity contribution >= 4 is 5.97 Å². The minimum absolute atomic E-state index is 0.614. The summed E-state index contributed by atoms with van der Waals surface area (Å²) in [4.78, 5) is 11.3. The maximum absolute atomic E-state index is 11.3. The van der Waals surface area contributed by atoms with Gasteiger partial charge in [0.1, 0.15) is 0 Å². The molecule has 0 saturated carbocycles. The molecule has 1 rings (SSSR count). The molecule has 1 N–H and O–H groups in total. The third kappa shape index (κ3) is 3.37. The Bertz CT molecular complexity index is 332. The van der Waals surface area contributed by atoms with Crippen molar-refractivity contribution in [3.63, 3.8) is 0 Å². The highest BCUT2D eigenvalue weighted by Crippen LogP contribution is 2.29. The van der Waals surface area contributed by atoms with Gasteiger partial charge in [0.15, 0.2) is 0 Å². The fourth-order valence-electron chi connectivity index (χ4n) is 1.88. The van der Waals surface area contributed by atoms with Gasteiger partial charge >= 0.3 is 5.97 Å².